The summed E-state index contributed by atoms with van der Waals surface area (Å²) in [5.41, 5.74) is 0. The zero-order chi connectivity index (χ0) is 5.11. The molecule has 0 bridgehead atoms. The summed E-state index contributed by atoms with van der Waals surface area (Å²) in [4.78, 5) is 0. The molecule has 0 saturated carbocycles. The molecular weight excluding hydrogens is 104 g/mol. The first-order valence-corrected chi connectivity index (χ1v) is 2.92. The lowest BCUT2D eigenvalue weighted by Crippen LogP contribution is -1.91. The highest BCUT2D eigenvalue weighted by Gasteiger charge is 1.94. The molecule has 0 aromatic carbocycles. The molecule has 1 heteroatoms. The molecule has 38 valence electrons. The minimum Gasteiger partial charge on any atom is -0.171 e. The first-order valence-electron chi connectivity index (χ1n) is 2.41. The van der Waals surface area contributed by atoms with E-state index in [2.05, 4.69) is 24.8 Å². The molecule has 0 nitrogen and oxygen atoms in total. The van der Waals surface area contributed by atoms with Gasteiger partial charge in [0.05, 0.1) is 0 Å². The molecule has 0 radical (unpaired) electrons. The van der Waals surface area contributed by atoms with Crippen LogP contribution in [0.2, 0.25) is 0 Å². The third-order valence-electron chi connectivity index (χ3n) is 0.958. The third-order valence-corrected chi connectivity index (χ3v) is 1.34. The quantitative estimate of drug-likeness (QED) is 0.454. The number of thiol groups is 1. The summed E-state index contributed by atoms with van der Waals surface area (Å²) in [5.74, 6) is 0. The summed E-state index contributed by atoms with van der Waals surface area (Å²) >= 11 is 4.22. The van der Waals surface area contributed by atoms with Crippen molar-refractivity contribution in [1.82, 2.24) is 0 Å². The molecule has 0 spiro atoms. The zero-order valence-corrected chi connectivity index (χ0v) is 4.94. The topological polar surface area (TPSA) is 0 Å². The normalized spacial score (nSPS) is 28.4. The van der Waals surface area contributed by atoms with Crippen LogP contribution in [0.3, 0.4) is 0 Å². The summed E-state index contributed by atoms with van der Waals surface area (Å²) < 4.78 is 0. The highest BCUT2D eigenvalue weighted by Crippen LogP contribution is 2.07. The Balaban J connectivity index is 2.49. The molecule has 0 aliphatic heterocycles. The second-order valence-electron chi connectivity index (χ2n) is 1.62. The van der Waals surface area contributed by atoms with Gasteiger partial charge in [0.2, 0.25) is 0 Å². The highest BCUT2D eigenvalue weighted by molar-refractivity contribution is 7.81. The van der Waals surface area contributed by atoms with Crippen molar-refractivity contribution in [2.24, 2.45) is 0 Å². The standard InChI is InChI=1S/C6H8S/c7-6-4-2-1-3-5-6/h1-4,6-7H,5H2. The molecule has 0 aromatic heterocycles. The molecule has 1 aliphatic carbocycles. The number of hydrogen-bond acceptors (Lipinski definition) is 1. The van der Waals surface area contributed by atoms with E-state index in [4.69, 9.17) is 0 Å². The Hall–Kier alpha value is -0.170. The van der Waals surface area contributed by atoms with Crippen molar-refractivity contribution < 1.29 is 0 Å². The summed E-state index contributed by atoms with van der Waals surface area (Å²) in [6, 6.07) is 0. The van der Waals surface area contributed by atoms with Gasteiger partial charge in [0.15, 0.2) is 0 Å². The fraction of sp³-hybridized carbons (Fsp3) is 0.333. The van der Waals surface area contributed by atoms with Crippen molar-refractivity contribution in [2.75, 3.05) is 0 Å². The number of rotatable bonds is 0. The van der Waals surface area contributed by atoms with Crippen molar-refractivity contribution >= 4 is 12.6 Å². The second-order valence-corrected chi connectivity index (χ2v) is 2.28. The van der Waals surface area contributed by atoms with Crippen LogP contribution in [0.25, 0.3) is 0 Å². The molecule has 0 heterocycles. The fourth-order valence-electron chi connectivity index (χ4n) is 0.568. The average molecular weight is 112 g/mol. The van der Waals surface area contributed by atoms with Crippen LogP contribution in [0.4, 0.5) is 0 Å². The van der Waals surface area contributed by atoms with E-state index in [1.807, 2.05) is 12.2 Å². The first kappa shape index (κ1) is 4.98. The largest absolute Gasteiger partial charge is 0.171 e. The summed E-state index contributed by atoms with van der Waals surface area (Å²) in [7, 11) is 0. The third kappa shape index (κ3) is 1.39. The van der Waals surface area contributed by atoms with Gasteiger partial charge in [-0.3, -0.25) is 0 Å². The number of hydrogen-bond donors (Lipinski definition) is 1. The smallest absolute Gasteiger partial charge is 0.0234 e. The maximum Gasteiger partial charge on any atom is 0.0234 e. The SMILES string of the molecule is SC1C=CC=CC1. The first-order chi connectivity index (χ1) is 3.39. The second kappa shape index (κ2) is 2.22. The van der Waals surface area contributed by atoms with E-state index in [9.17, 15) is 0 Å². The van der Waals surface area contributed by atoms with Gasteiger partial charge < -0.3 is 0 Å². The average Bonchev–Trinajstić information content (AvgIpc) is 1.69. The van der Waals surface area contributed by atoms with Crippen molar-refractivity contribution in [1.29, 1.82) is 0 Å². The van der Waals surface area contributed by atoms with Crippen LogP contribution in [0.15, 0.2) is 24.3 Å². The van der Waals surface area contributed by atoms with Crippen LogP contribution in [-0.4, -0.2) is 5.25 Å². The Morgan fingerprint density at radius 2 is 2.29 bits per heavy atom. The van der Waals surface area contributed by atoms with Gasteiger partial charge in [-0.25, -0.2) is 0 Å². The van der Waals surface area contributed by atoms with Gasteiger partial charge in [-0.2, -0.15) is 12.6 Å². The molecule has 0 amide bonds. The van der Waals surface area contributed by atoms with E-state index >= 15 is 0 Å². The number of allylic oxidation sites excluding steroid dienone is 3. The highest BCUT2D eigenvalue weighted by atomic mass is 32.1. The van der Waals surface area contributed by atoms with Crippen molar-refractivity contribution in [3.05, 3.63) is 24.3 Å². The van der Waals surface area contributed by atoms with Crippen LogP contribution in [0.1, 0.15) is 6.42 Å². The van der Waals surface area contributed by atoms with E-state index in [0.29, 0.717) is 5.25 Å². The van der Waals surface area contributed by atoms with Crippen LogP contribution in [0.5, 0.6) is 0 Å². The predicted molar refractivity (Wildman–Crippen MR) is 35.7 cm³/mol. The van der Waals surface area contributed by atoms with Gasteiger partial charge in [-0.1, -0.05) is 24.3 Å². The Morgan fingerprint density at radius 3 is 2.57 bits per heavy atom. The fourth-order valence-corrected chi connectivity index (χ4v) is 0.789. The van der Waals surface area contributed by atoms with Gasteiger partial charge in [0.25, 0.3) is 0 Å². The maximum atomic E-state index is 4.22. The minimum atomic E-state index is 0.463. The van der Waals surface area contributed by atoms with E-state index in [0.717, 1.165) is 6.42 Å². The molecule has 0 fully saturated rings. The van der Waals surface area contributed by atoms with Gasteiger partial charge >= 0.3 is 0 Å². The maximum absolute atomic E-state index is 4.22. The monoisotopic (exact) mass is 112 g/mol. The molecule has 0 N–H and O–H groups in total. The van der Waals surface area contributed by atoms with Crippen LogP contribution >= 0.6 is 12.6 Å². The lowest BCUT2D eigenvalue weighted by atomic mass is 10.2. The molecule has 7 heavy (non-hydrogen) atoms. The summed E-state index contributed by atoms with van der Waals surface area (Å²) in [6.07, 6.45) is 9.37. The van der Waals surface area contributed by atoms with Crippen molar-refractivity contribution in [3.63, 3.8) is 0 Å². The van der Waals surface area contributed by atoms with E-state index in [1.54, 1.807) is 0 Å². The molecular formula is C6H8S. The Morgan fingerprint density at radius 1 is 1.43 bits per heavy atom. The van der Waals surface area contributed by atoms with Gasteiger partial charge in [0, 0.05) is 5.25 Å². The molecule has 1 atom stereocenters. The Labute approximate surface area is 49.3 Å². The van der Waals surface area contributed by atoms with Crippen molar-refractivity contribution in [2.45, 2.75) is 11.7 Å². The van der Waals surface area contributed by atoms with E-state index in [-0.39, 0.29) is 0 Å². The lowest BCUT2D eigenvalue weighted by molar-refractivity contribution is 1.07. The molecule has 1 aliphatic rings. The molecule has 1 unspecified atom stereocenters. The van der Waals surface area contributed by atoms with Gasteiger partial charge in [0.1, 0.15) is 0 Å². The lowest BCUT2D eigenvalue weighted by Gasteiger charge is -2.01. The zero-order valence-electron chi connectivity index (χ0n) is 4.04. The van der Waals surface area contributed by atoms with Crippen LogP contribution in [-0.2, 0) is 0 Å². The minimum absolute atomic E-state index is 0.463. The molecule has 0 saturated heterocycles. The Bertz CT molecular complexity index is 103. The van der Waals surface area contributed by atoms with Gasteiger partial charge in [-0.15, -0.1) is 0 Å². The Kier molecular flexibility index (Phi) is 1.58. The van der Waals surface area contributed by atoms with E-state index < -0.39 is 0 Å². The summed E-state index contributed by atoms with van der Waals surface area (Å²) in [6.45, 7) is 0. The summed E-state index contributed by atoms with van der Waals surface area (Å²) in [5, 5.41) is 0.463. The van der Waals surface area contributed by atoms with Gasteiger partial charge in [-0.05, 0) is 6.42 Å². The van der Waals surface area contributed by atoms with Crippen molar-refractivity contribution in [3.8, 4) is 0 Å². The van der Waals surface area contributed by atoms with Crippen LogP contribution < -0.4 is 0 Å². The predicted octanol–water partition coefficient (Wildman–Crippen LogP) is 1.80. The molecule has 0 aromatic rings. The molecule has 1 rings (SSSR count). The van der Waals surface area contributed by atoms with Crippen LogP contribution in [0, 0.1) is 0 Å². The van der Waals surface area contributed by atoms with E-state index in [1.165, 1.54) is 0 Å².